The minimum absolute atomic E-state index is 0. The van der Waals surface area contributed by atoms with Crippen molar-refractivity contribution >= 4 is 11.4 Å². The largest absolute Gasteiger partial charge is 1.00 e. The number of quaternary nitrogens is 2. The average Bonchev–Trinajstić information content (AvgIpc) is 2.16. The normalized spacial score (nSPS) is 8.73. The van der Waals surface area contributed by atoms with Gasteiger partial charge in [-0.2, -0.15) is 0 Å². The Morgan fingerprint density at radius 3 is 2.53 bits per heavy atom. The average molecular weight is 255 g/mol. The number of hydrogen-bond acceptors (Lipinski definition) is 2. The predicted molar refractivity (Wildman–Crippen MR) is 49.1 cm³/mol. The summed E-state index contributed by atoms with van der Waals surface area (Å²) in [5.41, 5.74) is 5.83. The molecule has 4 nitrogen and oxygen atoms in total. The third-order valence-electron chi connectivity index (χ3n) is 1.77. The van der Waals surface area contributed by atoms with Crippen molar-refractivity contribution in [3.63, 3.8) is 0 Å². The minimum atomic E-state index is 0. The van der Waals surface area contributed by atoms with Crippen LogP contribution in [0.5, 0.6) is 5.75 Å². The van der Waals surface area contributed by atoms with E-state index in [1.54, 1.807) is 0 Å². The fraction of sp³-hybridized carbons (Fsp3) is 0.333. The standard InChI is InChI=1S/C9H14N2O2.2ClH/c1-11-7-2-3-9(8(10)6-7)13-5-4-12;;/h2-3,6,11-12H,4-5,10H2,1H3;2*1H. The molecule has 0 heterocycles. The van der Waals surface area contributed by atoms with E-state index in [1.807, 2.05) is 30.6 Å². The molecule has 6 N–H and O–H groups in total. The second-order valence-corrected chi connectivity index (χ2v) is 2.73. The molecule has 0 aliphatic rings. The number of aliphatic hydroxyl groups is 1. The molecule has 0 saturated heterocycles. The van der Waals surface area contributed by atoms with Gasteiger partial charge in [-0.05, 0) is 6.07 Å². The SMILES string of the molecule is C[NH2+]c1ccc(OCCO)c([NH3+])c1.[Cl-].[Cl-]. The van der Waals surface area contributed by atoms with E-state index in [4.69, 9.17) is 9.84 Å². The van der Waals surface area contributed by atoms with E-state index in [0.717, 1.165) is 17.1 Å². The Hall–Kier alpha value is -0.520. The summed E-state index contributed by atoms with van der Waals surface area (Å²) in [5, 5.41) is 10.6. The maximum Gasteiger partial charge on any atom is 0.180 e. The van der Waals surface area contributed by atoms with Gasteiger partial charge < -0.3 is 45.7 Å². The summed E-state index contributed by atoms with van der Waals surface area (Å²) < 4.78 is 5.26. The van der Waals surface area contributed by atoms with Gasteiger partial charge in [-0.25, -0.2) is 0 Å². The highest BCUT2D eigenvalue weighted by molar-refractivity contribution is 5.51. The Morgan fingerprint density at radius 1 is 1.40 bits per heavy atom. The summed E-state index contributed by atoms with van der Waals surface area (Å²) in [7, 11) is 1.98. The molecule has 6 heteroatoms. The van der Waals surface area contributed by atoms with Gasteiger partial charge in [-0.3, -0.25) is 0 Å². The number of ether oxygens (including phenoxy) is 1. The third-order valence-corrected chi connectivity index (χ3v) is 1.77. The van der Waals surface area contributed by atoms with Gasteiger partial charge in [-0.1, -0.05) is 0 Å². The molecule has 0 saturated carbocycles. The first-order valence-electron chi connectivity index (χ1n) is 4.27. The minimum Gasteiger partial charge on any atom is -1.00 e. The predicted octanol–water partition coefficient (Wildman–Crippen LogP) is -7.24. The van der Waals surface area contributed by atoms with Gasteiger partial charge in [0.15, 0.2) is 11.4 Å². The Morgan fingerprint density at radius 2 is 2.07 bits per heavy atom. The summed E-state index contributed by atoms with van der Waals surface area (Å²) in [4.78, 5) is 0. The molecule has 15 heavy (non-hydrogen) atoms. The molecule has 1 aromatic rings. The fourth-order valence-corrected chi connectivity index (χ4v) is 1.08. The highest BCUT2D eigenvalue weighted by Gasteiger charge is 2.05. The van der Waals surface area contributed by atoms with Crippen molar-refractivity contribution in [2.75, 3.05) is 20.3 Å². The van der Waals surface area contributed by atoms with Crippen LogP contribution in [-0.2, 0) is 0 Å². The van der Waals surface area contributed by atoms with Crippen molar-refractivity contribution in [2.45, 2.75) is 0 Å². The lowest BCUT2D eigenvalue weighted by molar-refractivity contribution is -0.539. The summed E-state index contributed by atoms with van der Waals surface area (Å²) in [6.07, 6.45) is 0. The van der Waals surface area contributed by atoms with E-state index in [-0.39, 0.29) is 31.4 Å². The van der Waals surface area contributed by atoms with Crippen LogP contribution in [0.4, 0.5) is 11.4 Å². The quantitative estimate of drug-likeness (QED) is 0.468. The van der Waals surface area contributed by atoms with Gasteiger partial charge in [-0.15, -0.1) is 0 Å². The summed E-state index contributed by atoms with van der Waals surface area (Å²) in [6, 6.07) is 5.78. The van der Waals surface area contributed by atoms with Crippen molar-refractivity contribution in [1.29, 1.82) is 0 Å². The topological polar surface area (TPSA) is 73.7 Å². The highest BCUT2D eigenvalue weighted by atomic mass is 35.5. The zero-order valence-corrected chi connectivity index (χ0v) is 10.1. The van der Waals surface area contributed by atoms with Gasteiger partial charge in [0, 0.05) is 6.07 Å². The molecule has 0 fully saturated rings. The highest BCUT2D eigenvalue weighted by Crippen LogP contribution is 2.21. The lowest BCUT2D eigenvalue weighted by Crippen LogP contribution is -3.00. The number of nitrogens with two attached hydrogens (primary N) is 1. The van der Waals surface area contributed by atoms with Gasteiger partial charge >= 0.3 is 0 Å². The van der Waals surface area contributed by atoms with Crippen LogP contribution in [0.3, 0.4) is 0 Å². The molecule has 0 unspecified atom stereocenters. The van der Waals surface area contributed by atoms with Crippen molar-refractivity contribution in [3.05, 3.63) is 18.2 Å². The molecule has 1 aromatic carbocycles. The Kier molecular flexibility index (Phi) is 9.87. The van der Waals surface area contributed by atoms with Crippen molar-refractivity contribution < 1.29 is 45.7 Å². The molecule has 0 aliphatic heterocycles. The molecule has 88 valence electrons. The van der Waals surface area contributed by atoms with Crippen LogP contribution in [0.25, 0.3) is 0 Å². The van der Waals surface area contributed by atoms with E-state index in [9.17, 15) is 0 Å². The number of rotatable bonds is 4. The molecule has 0 amide bonds. The van der Waals surface area contributed by atoms with E-state index >= 15 is 0 Å². The molecule has 0 aliphatic carbocycles. The van der Waals surface area contributed by atoms with Crippen LogP contribution >= 0.6 is 0 Å². The number of hydrogen-bond donors (Lipinski definition) is 3. The van der Waals surface area contributed by atoms with Crippen LogP contribution in [0.15, 0.2) is 18.2 Å². The first kappa shape index (κ1) is 16.9. The molecule has 1 rings (SSSR count). The monoisotopic (exact) mass is 254 g/mol. The van der Waals surface area contributed by atoms with Crippen LogP contribution < -0.4 is 40.6 Å². The Labute approximate surface area is 102 Å². The van der Waals surface area contributed by atoms with Gasteiger partial charge in [0.25, 0.3) is 0 Å². The molecular weight excluding hydrogens is 239 g/mol. The molecule has 0 radical (unpaired) electrons. The van der Waals surface area contributed by atoms with Crippen LogP contribution in [0.1, 0.15) is 0 Å². The second-order valence-electron chi connectivity index (χ2n) is 2.73. The second kappa shape index (κ2) is 8.76. The van der Waals surface area contributed by atoms with E-state index < -0.39 is 0 Å². The summed E-state index contributed by atoms with van der Waals surface area (Å²) >= 11 is 0. The van der Waals surface area contributed by atoms with Crippen LogP contribution in [0.2, 0.25) is 0 Å². The lowest BCUT2D eigenvalue weighted by atomic mass is 10.2. The zero-order valence-electron chi connectivity index (χ0n) is 8.54. The first-order valence-corrected chi connectivity index (χ1v) is 4.27. The molecule has 0 spiro atoms. The number of aliphatic hydroxyl groups excluding tert-OH is 1. The number of benzene rings is 1. The van der Waals surface area contributed by atoms with E-state index in [0.29, 0.717) is 6.61 Å². The smallest absolute Gasteiger partial charge is 0.180 e. The van der Waals surface area contributed by atoms with Crippen LogP contribution in [0, 0.1) is 0 Å². The van der Waals surface area contributed by atoms with Crippen LogP contribution in [-0.4, -0.2) is 25.4 Å². The summed E-state index contributed by atoms with van der Waals surface area (Å²) in [6.45, 7) is 0.346. The molecule has 0 atom stereocenters. The van der Waals surface area contributed by atoms with Crippen molar-refractivity contribution in [3.8, 4) is 5.75 Å². The van der Waals surface area contributed by atoms with Gasteiger partial charge in [0.05, 0.1) is 19.7 Å². The Bertz CT molecular complexity index is 285. The third kappa shape index (κ3) is 5.20. The molecule has 0 aromatic heterocycles. The van der Waals surface area contributed by atoms with Crippen molar-refractivity contribution in [1.82, 2.24) is 0 Å². The number of halogens is 2. The van der Waals surface area contributed by atoms with Gasteiger partial charge in [0.2, 0.25) is 0 Å². The Balaban J connectivity index is 0. The van der Waals surface area contributed by atoms with E-state index in [1.165, 1.54) is 0 Å². The van der Waals surface area contributed by atoms with Gasteiger partial charge in [0.1, 0.15) is 12.3 Å². The van der Waals surface area contributed by atoms with E-state index in [2.05, 4.69) is 5.73 Å². The summed E-state index contributed by atoms with van der Waals surface area (Å²) in [5.74, 6) is 0.736. The molecular formula is C9H16Cl2N2O2. The maximum absolute atomic E-state index is 8.57. The zero-order chi connectivity index (χ0) is 9.68. The lowest BCUT2D eigenvalue weighted by Gasteiger charge is -2.04. The fourth-order valence-electron chi connectivity index (χ4n) is 1.08. The first-order chi connectivity index (χ1) is 6.27. The maximum atomic E-state index is 8.57. The molecule has 0 bridgehead atoms. The van der Waals surface area contributed by atoms with Crippen molar-refractivity contribution in [2.24, 2.45) is 0 Å².